The molecule has 0 amide bonds. The lowest BCUT2D eigenvalue weighted by molar-refractivity contribution is -0.139. The van der Waals surface area contributed by atoms with Crippen LogP contribution in [0, 0.1) is 0 Å². The van der Waals surface area contributed by atoms with Gasteiger partial charge in [-0.15, -0.1) is 0 Å². The monoisotopic (exact) mass is 298 g/mol. The highest BCUT2D eigenvalue weighted by molar-refractivity contribution is 5.80. The van der Waals surface area contributed by atoms with Crippen molar-refractivity contribution >= 4 is 11.7 Å². The molecule has 0 saturated heterocycles. The van der Waals surface area contributed by atoms with Crippen LogP contribution in [-0.4, -0.2) is 29.7 Å². The molecule has 1 aromatic carbocycles. The number of methoxy groups -OCH3 is 1. The normalized spacial score (nSPS) is 17.0. The molecular weight excluding hydrogens is 280 g/mol. The zero-order valence-electron chi connectivity index (χ0n) is 12.4. The smallest absolute Gasteiger partial charge is 0.311 e. The Morgan fingerprint density at radius 1 is 1.41 bits per heavy atom. The summed E-state index contributed by atoms with van der Waals surface area (Å²) in [6.07, 6.45) is 2.35. The fraction of sp³-hybridized carbons (Fsp3) is 0.294. The number of hydrogen-bond acceptors (Lipinski definition) is 4. The molecule has 1 atom stereocenters. The summed E-state index contributed by atoms with van der Waals surface area (Å²) in [5.41, 5.74) is 2.98. The Hall–Kier alpha value is -2.56. The summed E-state index contributed by atoms with van der Waals surface area (Å²) in [4.78, 5) is 17.7. The van der Waals surface area contributed by atoms with Crippen molar-refractivity contribution in [2.75, 3.05) is 18.6 Å². The number of carboxylic acids is 1. The number of aliphatic carboxylic acids is 1. The molecule has 5 heteroatoms. The second kappa shape index (κ2) is 6.05. The number of anilines is 1. The largest absolute Gasteiger partial charge is 0.481 e. The minimum atomic E-state index is -0.752. The SMILES string of the molecule is COc1cc(CN2CCC(C(=O)O)c3ccccc32)ccn1. The summed E-state index contributed by atoms with van der Waals surface area (Å²) >= 11 is 0. The van der Waals surface area contributed by atoms with Gasteiger partial charge in [-0.25, -0.2) is 4.98 Å². The van der Waals surface area contributed by atoms with Crippen LogP contribution in [0.2, 0.25) is 0 Å². The number of pyridine rings is 1. The molecule has 1 aliphatic rings. The summed E-state index contributed by atoms with van der Waals surface area (Å²) in [5, 5.41) is 9.39. The van der Waals surface area contributed by atoms with Crippen molar-refractivity contribution in [1.29, 1.82) is 0 Å². The standard InChI is InChI=1S/C17H18N2O3/c1-22-16-10-12(6-8-18-16)11-19-9-7-14(17(20)21)13-4-2-3-5-15(13)19/h2-6,8,10,14H,7,9,11H2,1H3,(H,20,21). The molecule has 2 heterocycles. The molecule has 22 heavy (non-hydrogen) atoms. The number of ether oxygens (including phenoxy) is 1. The van der Waals surface area contributed by atoms with Crippen LogP contribution in [0.25, 0.3) is 0 Å². The van der Waals surface area contributed by atoms with Gasteiger partial charge in [0.2, 0.25) is 5.88 Å². The Morgan fingerprint density at radius 3 is 3.00 bits per heavy atom. The molecule has 0 spiro atoms. The molecule has 3 rings (SSSR count). The highest BCUT2D eigenvalue weighted by Crippen LogP contribution is 2.36. The van der Waals surface area contributed by atoms with Gasteiger partial charge >= 0.3 is 5.97 Å². The van der Waals surface area contributed by atoms with Crippen molar-refractivity contribution in [2.45, 2.75) is 18.9 Å². The maximum Gasteiger partial charge on any atom is 0.311 e. The maximum atomic E-state index is 11.4. The highest BCUT2D eigenvalue weighted by atomic mass is 16.5. The van der Waals surface area contributed by atoms with Gasteiger partial charge in [0.05, 0.1) is 13.0 Å². The molecule has 0 fully saturated rings. The Labute approximate surface area is 129 Å². The number of hydrogen-bond donors (Lipinski definition) is 1. The van der Waals surface area contributed by atoms with E-state index in [-0.39, 0.29) is 0 Å². The molecule has 1 aliphatic heterocycles. The van der Waals surface area contributed by atoms with Crippen LogP contribution in [0.5, 0.6) is 5.88 Å². The third-order valence-electron chi connectivity index (χ3n) is 4.02. The van der Waals surface area contributed by atoms with Gasteiger partial charge in [0, 0.05) is 31.0 Å². The van der Waals surface area contributed by atoms with Crippen LogP contribution in [0.3, 0.4) is 0 Å². The van der Waals surface area contributed by atoms with Crippen molar-refractivity contribution < 1.29 is 14.6 Å². The summed E-state index contributed by atoms with van der Waals surface area (Å²) in [7, 11) is 1.60. The third-order valence-corrected chi connectivity index (χ3v) is 4.02. The summed E-state index contributed by atoms with van der Waals surface area (Å²) < 4.78 is 5.15. The van der Waals surface area contributed by atoms with Crippen LogP contribution in [-0.2, 0) is 11.3 Å². The number of carbonyl (C=O) groups is 1. The third kappa shape index (κ3) is 2.74. The van der Waals surface area contributed by atoms with Gasteiger partial charge in [0.25, 0.3) is 0 Å². The van der Waals surface area contributed by atoms with E-state index < -0.39 is 11.9 Å². The van der Waals surface area contributed by atoms with E-state index in [1.54, 1.807) is 13.3 Å². The zero-order valence-corrected chi connectivity index (χ0v) is 12.4. The summed E-state index contributed by atoms with van der Waals surface area (Å²) in [6.45, 7) is 1.43. The van der Waals surface area contributed by atoms with Gasteiger partial charge in [0.15, 0.2) is 0 Å². The Kier molecular flexibility index (Phi) is 3.96. The lowest BCUT2D eigenvalue weighted by atomic mass is 9.90. The summed E-state index contributed by atoms with van der Waals surface area (Å²) in [6, 6.07) is 11.6. The first kappa shape index (κ1) is 14.4. The van der Waals surface area contributed by atoms with Crippen molar-refractivity contribution in [1.82, 2.24) is 4.98 Å². The molecule has 2 aromatic rings. The molecule has 0 aliphatic carbocycles. The first-order valence-electron chi connectivity index (χ1n) is 7.24. The van der Waals surface area contributed by atoms with E-state index in [1.165, 1.54) is 0 Å². The van der Waals surface area contributed by atoms with Crippen LogP contribution in [0.4, 0.5) is 5.69 Å². The zero-order chi connectivity index (χ0) is 15.5. The number of nitrogens with zero attached hydrogens (tertiary/aromatic N) is 2. The van der Waals surface area contributed by atoms with Crippen LogP contribution < -0.4 is 9.64 Å². The maximum absolute atomic E-state index is 11.4. The molecule has 114 valence electrons. The lowest BCUT2D eigenvalue weighted by Gasteiger charge is -2.34. The minimum absolute atomic E-state index is 0.417. The van der Waals surface area contributed by atoms with Crippen LogP contribution >= 0.6 is 0 Å². The quantitative estimate of drug-likeness (QED) is 0.940. The van der Waals surface area contributed by atoms with Gasteiger partial charge < -0.3 is 14.7 Å². The number of para-hydroxylation sites is 1. The molecular formula is C17H18N2O3. The number of fused-ring (bicyclic) bond motifs is 1. The average Bonchev–Trinajstić information content (AvgIpc) is 2.55. The molecule has 1 N–H and O–H groups in total. The van der Waals surface area contributed by atoms with Gasteiger partial charge in [-0.1, -0.05) is 18.2 Å². The first-order chi connectivity index (χ1) is 10.7. The van der Waals surface area contributed by atoms with E-state index in [9.17, 15) is 9.90 Å². The van der Waals surface area contributed by atoms with E-state index in [0.29, 0.717) is 18.8 Å². The predicted octanol–water partition coefficient (Wildman–Crippen LogP) is 2.67. The van der Waals surface area contributed by atoms with Crippen molar-refractivity contribution in [3.8, 4) is 5.88 Å². The molecule has 1 aromatic heterocycles. The minimum Gasteiger partial charge on any atom is -0.481 e. The van der Waals surface area contributed by atoms with Gasteiger partial charge in [0.1, 0.15) is 0 Å². The Bertz CT molecular complexity index is 687. The van der Waals surface area contributed by atoms with Crippen molar-refractivity contribution in [3.63, 3.8) is 0 Å². The van der Waals surface area contributed by atoms with Crippen molar-refractivity contribution in [3.05, 3.63) is 53.7 Å². The average molecular weight is 298 g/mol. The van der Waals surface area contributed by atoms with Crippen LogP contribution in [0.15, 0.2) is 42.6 Å². The second-order valence-electron chi connectivity index (χ2n) is 5.37. The van der Waals surface area contributed by atoms with Crippen LogP contribution in [0.1, 0.15) is 23.5 Å². The number of benzene rings is 1. The highest BCUT2D eigenvalue weighted by Gasteiger charge is 2.29. The van der Waals surface area contributed by atoms with Gasteiger partial charge in [-0.3, -0.25) is 4.79 Å². The van der Waals surface area contributed by atoms with E-state index in [4.69, 9.17) is 4.74 Å². The number of aromatic nitrogens is 1. The Balaban J connectivity index is 1.89. The predicted molar refractivity (Wildman–Crippen MR) is 83.3 cm³/mol. The molecule has 1 unspecified atom stereocenters. The van der Waals surface area contributed by atoms with E-state index in [2.05, 4.69) is 9.88 Å². The van der Waals surface area contributed by atoms with Gasteiger partial charge in [-0.2, -0.15) is 0 Å². The Morgan fingerprint density at radius 2 is 2.23 bits per heavy atom. The van der Waals surface area contributed by atoms with E-state index >= 15 is 0 Å². The van der Waals surface area contributed by atoms with E-state index in [1.807, 2.05) is 36.4 Å². The molecule has 0 saturated carbocycles. The fourth-order valence-electron chi connectivity index (χ4n) is 2.93. The fourth-order valence-corrected chi connectivity index (χ4v) is 2.93. The molecule has 5 nitrogen and oxygen atoms in total. The molecule has 0 radical (unpaired) electrons. The number of rotatable bonds is 4. The first-order valence-corrected chi connectivity index (χ1v) is 7.24. The topological polar surface area (TPSA) is 62.7 Å². The lowest BCUT2D eigenvalue weighted by Crippen LogP contribution is -2.33. The number of carboxylic acid groups (broad SMARTS) is 1. The molecule has 0 bridgehead atoms. The van der Waals surface area contributed by atoms with E-state index in [0.717, 1.165) is 23.4 Å². The van der Waals surface area contributed by atoms with Crippen molar-refractivity contribution in [2.24, 2.45) is 0 Å². The second-order valence-corrected chi connectivity index (χ2v) is 5.37. The summed E-state index contributed by atoms with van der Waals surface area (Å²) in [5.74, 6) is -0.580. The van der Waals surface area contributed by atoms with Gasteiger partial charge in [-0.05, 0) is 29.7 Å².